The average Bonchev–Trinajstić information content (AvgIpc) is 2.20. The normalized spacial score (nSPS) is 12.6. The number of carbonyl (C=O) groups is 1. The first-order chi connectivity index (χ1) is 7.91. The van der Waals surface area contributed by atoms with Crippen LogP contribution < -0.4 is 5.32 Å². The van der Waals surface area contributed by atoms with E-state index in [2.05, 4.69) is 10.3 Å². The highest BCUT2D eigenvalue weighted by molar-refractivity contribution is 5.94. The number of rotatable bonds is 4. The molecule has 5 heteroatoms. The van der Waals surface area contributed by atoms with Crippen molar-refractivity contribution in [1.29, 1.82) is 0 Å². The average molecular weight is 242 g/mol. The second-order valence-electron chi connectivity index (χ2n) is 4.47. The fourth-order valence-corrected chi connectivity index (χ4v) is 1.66. The van der Waals surface area contributed by atoms with Crippen molar-refractivity contribution in [2.75, 3.05) is 0 Å². The molecular weight excluding hydrogens is 226 g/mol. The first-order valence-corrected chi connectivity index (χ1v) is 5.52. The number of carbonyl (C=O) groups excluding carboxylic acids is 1. The Bertz CT molecular complexity index is 407. The Morgan fingerprint density at radius 3 is 2.65 bits per heavy atom. The van der Waals surface area contributed by atoms with Crippen molar-refractivity contribution in [2.24, 2.45) is 5.92 Å². The van der Waals surface area contributed by atoms with Crippen LogP contribution in [0.25, 0.3) is 0 Å². The van der Waals surface area contributed by atoms with Crippen LogP contribution in [0.3, 0.4) is 0 Å². The van der Waals surface area contributed by atoms with Gasteiger partial charge in [-0.1, -0.05) is 13.8 Å². The van der Waals surface area contributed by atoms with Gasteiger partial charge >= 0.3 is 0 Å². The van der Waals surface area contributed by atoms with Crippen LogP contribution in [0.5, 0.6) is 0 Å². The lowest BCUT2D eigenvalue weighted by Gasteiger charge is -2.16. The number of hydrogen-bond donors (Lipinski definition) is 1. The van der Waals surface area contributed by atoms with Crippen molar-refractivity contribution >= 4 is 5.91 Å². The molecule has 1 aromatic rings. The maximum Gasteiger partial charge on any atom is 0.254 e. The fraction of sp³-hybridized carbons (Fsp3) is 0.500. The Morgan fingerprint density at radius 1 is 1.41 bits per heavy atom. The second-order valence-corrected chi connectivity index (χ2v) is 4.47. The molecule has 0 saturated carbocycles. The summed E-state index contributed by atoms with van der Waals surface area (Å²) in [5.74, 6) is -2.66. The maximum absolute atomic E-state index is 13.3. The Kier molecular flexibility index (Phi) is 4.54. The zero-order chi connectivity index (χ0) is 13.0. The molecule has 94 valence electrons. The molecule has 1 rings (SSSR count). The van der Waals surface area contributed by atoms with Crippen LogP contribution in [0.2, 0.25) is 0 Å². The van der Waals surface area contributed by atoms with Gasteiger partial charge in [-0.2, -0.15) is 4.39 Å². The van der Waals surface area contributed by atoms with E-state index in [1.54, 1.807) is 0 Å². The quantitative estimate of drug-likeness (QED) is 0.824. The standard InChI is InChI=1S/C12H16F2N2O/c1-7(2)6-8(3)16-12(17)9-4-5-15-11(14)10(9)13/h4-5,7-8H,6H2,1-3H3,(H,16,17). The number of nitrogens with one attached hydrogen (secondary N) is 1. The Morgan fingerprint density at radius 2 is 2.06 bits per heavy atom. The van der Waals surface area contributed by atoms with Crippen LogP contribution in [-0.2, 0) is 0 Å². The minimum atomic E-state index is -1.26. The molecule has 0 aromatic carbocycles. The SMILES string of the molecule is CC(C)CC(C)NC(=O)c1ccnc(F)c1F. The summed E-state index contributed by atoms with van der Waals surface area (Å²) < 4.78 is 26.1. The summed E-state index contributed by atoms with van der Waals surface area (Å²) in [6, 6.07) is 1.08. The van der Waals surface area contributed by atoms with E-state index in [0.717, 1.165) is 18.7 Å². The van der Waals surface area contributed by atoms with Gasteiger partial charge in [0.05, 0.1) is 5.56 Å². The first-order valence-electron chi connectivity index (χ1n) is 5.52. The lowest BCUT2D eigenvalue weighted by molar-refractivity contribution is 0.0930. The summed E-state index contributed by atoms with van der Waals surface area (Å²) >= 11 is 0. The van der Waals surface area contributed by atoms with Gasteiger partial charge in [-0.3, -0.25) is 4.79 Å². The minimum Gasteiger partial charge on any atom is -0.349 e. The summed E-state index contributed by atoms with van der Waals surface area (Å²) in [5.41, 5.74) is -0.312. The van der Waals surface area contributed by atoms with E-state index < -0.39 is 17.7 Å². The summed E-state index contributed by atoms with van der Waals surface area (Å²) in [5, 5.41) is 2.62. The summed E-state index contributed by atoms with van der Waals surface area (Å²) in [7, 11) is 0. The summed E-state index contributed by atoms with van der Waals surface area (Å²) in [6.45, 7) is 5.87. The van der Waals surface area contributed by atoms with Crippen LogP contribution >= 0.6 is 0 Å². The van der Waals surface area contributed by atoms with Crippen molar-refractivity contribution in [3.8, 4) is 0 Å². The lowest BCUT2D eigenvalue weighted by atomic mass is 10.0. The van der Waals surface area contributed by atoms with E-state index in [-0.39, 0.29) is 11.6 Å². The maximum atomic E-state index is 13.3. The molecule has 0 saturated heterocycles. The van der Waals surface area contributed by atoms with E-state index in [4.69, 9.17) is 0 Å². The zero-order valence-electron chi connectivity index (χ0n) is 10.1. The van der Waals surface area contributed by atoms with Gasteiger partial charge in [-0.15, -0.1) is 0 Å². The monoisotopic (exact) mass is 242 g/mol. The van der Waals surface area contributed by atoms with E-state index in [1.807, 2.05) is 20.8 Å². The van der Waals surface area contributed by atoms with E-state index in [0.29, 0.717) is 5.92 Å². The van der Waals surface area contributed by atoms with Crippen molar-refractivity contribution in [1.82, 2.24) is 10.3 Å². The second kappa shape index (κ2) is 5.70. The van der Waals surface area contributed by atoms with Crippen LogP contribution in [0, 0.1) is 17.7 Å². The molecule has 0 aliphatic rings. The summed E-state index contributed by atoms with van der Waals surface area (Å²) in [6.07, 6.45) is 1.85. The third kappa shape index (κ3) is 3.76. The fourth-order valence-electron chi connectivity index (χ4n) is 1.66. The molecule has 17 heavy (non-hydrogen) atoms. The van der Waals surface area contributed by atoms with Gasteiger partial charge in [0.15, 0.2) is 5.82 Å². The molecule has 0 fully saturated rings. The molecule has 0 bridgehead atoms. The van der Waals surface area contributed by atoms with Gasteiger partial charge in [-0.25, -0.2) is 9.37 Å². The highest BCUT2D eigenvalue weighted by atomic mass is 19.2. The molecule has 0 spiro atoms. The van der Waals surface area contributed by atoms with Crippen molar-refractivity contribution in [3.63, 3.8) is 0 Å². The van der Waals surface area contributed by atoms with Gasteiger partial charge in [0.1, 0.15) is 0 Å². The van der Waals surface area contributed by atoms with Crippen LogP contribution in [-0.4, -0.2) is 16.9 Å². The molecule has 1 atom stereocenters. The van der Waals surface area contributed by atoms with Crippen LogP contribution in [0.1, 0.15) is 37.6 Å². The largest absolute Gasteiger partial charge is 0.349 e. The summed E-state index contributed by atoms with van der Waals surface area (Å²) in [4.78, 5) is 14.8. The van der Waals surface area contributed by atoms with Crippen molar-refractivity contribution in [2.45, 2.75) is 33.2 Å². The Labute approximate surface area is 99.2 Å². The molecular formula is C12H16F2N2O. The third-order valence-electron chi connectivity index (χ3n) is 2.29. The molecule has 1 heterocycles. The number of nitrogens with zero attached hydrogens (tertiary/aromatic N) is 1. The molecule has 3 nitrogen and oxygen atoms in total. The van der Waals surface area contributed by atoms with Gasteiger partial charge in [-0.05, 0) is 25.3 Å². The molecule has 0 aliphatic heterocycles. The van der Waals surface area contributed by atoms with Crippen LogP contribution in [0.15, 0.2) is 12.3 Å². The first kappa shape index (κ1) is 13.5. The predicted octanol–water partition coefficient (Wildman–Crippen LogP) is 2.52. The Balaban J connectivity index is 2.73. The number of halogens is 2. The molecule has 1 unspecified atom stereocenters. The minimum absolute atomic E-state index is 0.0851. The molecule has 0 radical (unpaired) electrons. The third-order valence-corrected chi connectivity index (χ3v) is 2.29. The zero-order valence-corrected chi connectivity index (χ0v) is 10.1. The number of pyridine rings is 1. The number of aromatic nitrogens is 1. The van der Waals surface area contributed by atoms with E-state index in [9.17, 15) is 13.6 Å². The van der Waals surface area contributed by atoms with Gasteiger partial charge < -0.3 is 5.32 Å². The topological polar surface area (TPSA) is 42.0 Å². The lowest BCUT2D eigenvalue weighted by Crippen LogP contribution is -2.34. The van der Waals surface area contributed by atoms with E-state index >= 15 is 0 Å². The van der Waals surface area contributed by atoms with Crippen molar-refractivity contribution < 1.29 is 13.6 Å². The number of hydrogen-bond acceptors (Lipinski definition) is 2. The van der Waals surface area contributed by atoms with Gasteiger partial charge in [0.2, 0.25) is 5.95 Å². The number of amides is 1. The highest BCUT2D eigenvalue weighted by Gasteiger charge is 2.17. The van der Waals surface area contributed by atoms with E-state index in [1.165, 1.54) is 0 Å². The highest BCUT2D eigenvalue weighted by Crippen LogP contribution is 2.10. The molecule has 1 N–H and O–H groups in total. The van der Waals surface area contributed by atoms with Crippen LogP contribution in [0.4, 0.5) is 8.78 Å². The predicted molar refractivity (Wildman–Crippen MR) is 60.5 cm³/mol. The molecule has 1 aromatic heterocycles. The van der Waals surface area contributed by atoms with Crippen molar-refractivity contribution in [3.05, 3.63) is 29.6 Å². The molecule has 0 aliphatic carbocycles. The Hall–Kier alpha value is -1.52. The molecule has 1 amide bonds. The van der Waals surface area contributed by atoms with Gasteiger partial charge in [0.25, 0.3) is 5.91 Å². The smallest absolute Gasteiger partial charge is 0.254 e. The van der Waals surface area contributed by atoms with Gasteiger partial charge in [0, 0.05) is 12.2 Å².